The molecular weight excluding hydrogens is 357 g/mol. The lowest BCUT2D eigenvalue weighted by Gasteiger charge is -2.32. The molecule has 0 aliphatic carbocycles. The van der Waals surface area contributed by atoms with Crippen LogP contribution >= 0.6 is 0 Å². The van der Waals surface area contributed by atoms with Gasteiger partial charge in [-0.05, 0) is 56.2 Å². The molecule has 1 saturated heterocycles. The molecule has 0 amide bonds. The van der Waals surface area contributed by atoms with E-state index in [0.29, 0.717) is 16.5 Å². The van der Waals surface area contributed by atoms with Gasteiger partial charge in [-0.3, -0.25) is 0 Å². The molecule has 0 saturated carbocycles. The zero-order valence-corrected chi connectivity index (χ0v) is 16.4. The van der Waals surface area contributed by atoms with Crippen molar-refractivity contribution >= 4 is 35.9 Å². The summed E-state index contributed by atoms with van der Waals surface area (Å²) in [5.74, 6) is -1.26. The standard InChI is InChI=1S/C21H22BNO5/c1-20(2)21(3,4)28-22(27-20)13(11-23)10-12-8-9-16-17-14(12)6-5-7-15(17)18(24)26-19(16)25/h5-10H,11,23H2,1-4H3. The highest BCUT2D eigenvalue weighted by Crippen LogP contribution is 2.39. The van der Waals surface area contributed by atoms with E-state index in [4.69, 9.17) is 19.8 Å². The van der Waals surface area contributed by atoms with Crippen LogP contribution in [0.15, 0.2) is 35.8 Å². The lowest BCUT2D eigenvalue weighted by molar-refractivity contribution is 0.00578. The lowest BCUT2D eigenvalue weighted by Crippen LogP contribution is -2.41. The number of hydrogen-bond donors (Lipinski definition) is 1. The predicted octanol–water partition coefficient (Wildman–Crippen LogP) is 3.12. The predicted molar refractivity (Wildman–Crippen MR) is 107 cm³/mol. The quantitative estimate of drug-likeness (QED) is 0.501. The van der Waals surface area contributed by atoms with Crippen LogP contribution in [0.5, 0.6) is 0 Å². The molecule has 0 unspecified atom stereocenters. The zero-order chi connectivity index (χ0) is 20.3. The fourth-order valence-electron chi connectivity index (χ4n) is 3.51. The highest BCUT2D eigenvalue weighted by Gasteiger charge is 2.52. The van der Waals surface area contributed by atoms with E-state index < -0.39 is 30.3 Å². The van der Waals surface area contributed by atoms with Gasteiger partial charge in [0.15, 0.2) is 0 Å². The Balaban J connectivity index is 1.83. The van der Waals surface area contributed by atoms with Crippen molar-refractivity contribution in [1.82, 2.24) is 0 Å². The highest BCUT2D eigenvalue weighted by molar-refractivity contribution is 6.56. The number of carbonyl (C=O) groups excluding carboxylic acids is 2. The van der Waals surface area contributed by atoms with Crippen LogP contribution in [0, 0.1) is 0 Å². The third-order valence-corrected chi connectivity index (χ3v) is 5.83. The summed E-state index contributed by atoms with van der Waals surface area (Å²) in [6.07, 6.45) is 1.91. The van der Waals surface area contributed by atoms with Crippen LogP contribution in [0.4, 0.5) is 0 Å². The van der Waals surface area contributed by atoms with Gasteiger partial charge in [0.25, 0.3) is 0 Å². The molecule has 0 radical (unpaired) electrons. The Kier molecular flexibility index (Phi) is 4.23. The first-order valence-electron chi connectivity index (χ1n) is 9.23. The summed E-state index contributed by atoms with van der Waals surface area (Å²) < 4.78 is 17.1. The van der Waals surface area contributed by atoms with E-state index in [1.54, 1.807) is 18.2 Å². The molecule has 0 spiro atoms. The van der Waals surface area contributed by atoms with Crippen LogP contribution in [0.1, 0.15) is 54.0 Å². The Morgan fingerprint density at radius 2 is 1.61 bits per heavy atom. The summed E-state index contributed by atoms with van der Waals surface area (Å²) >= 11 is 0. The molecule has 0 atom stereocenters. The van der Waals surface area contributed by atoms with Crippen molar-refractivity contribution in [2.24, 2.45) is 5.73 Å². The van der Waals surface area contributed by atoms with E-state index in [9.17, 15) is 9.59 Å². The first-order valence-corrected chi connectivity index (χ1v) is 9.23. The Labute approximate surface area is 163 Å². The second-order valence-electron chi connectivity index (χ2n) is 8.12. The third-order valence-electron chi connectivity index (χ3n) is 5.83. The van der Waals surface area contributed by atoms with Gasteiger partial charge < -0.3 is 19.8 Å². The summed E-state index contributed by atoms with van der Waals surface area (Å²) in [5, 5.41) is 1.38. The van der Waals surface area contributed by atoms with Crippen LogP contribution in [0.3, 0.4) is 0 Å². The van der Waals surface area contributed by atoms with Gasteiger partial charge in [0.05, 0.1) is 22.3 Å². The number of esters is 2. The molecule has 2 aliphatic rings. The minimum Gasteiger partial charge on any atom is -0.400 e. The van der Waals surface area contributed by atoms with E-state index in [1.165, 1.54) is 0 Å². The number of ether oxygens (including phenoxy) is 1. The van der Waals surface area contributed by atoms with E-state index in [0.717, 1.165) is 16.4 Å². The second-order valence-corrected chi connectivity index (χ2v) is 8.12. The maximum Gasteiger partial charge on any atom is 0.491 e. The molecule has 4 rings (SSSR count). The van der Waals surface area contributed by atoms with Crippen molar-refractivity contribution < 1.29 is 23.6 Å². The molecule has 7 heteroatoms. The Morgan fingerprint density at radius 3 is 2.21 bits per heavy atom. The Morgan fingerprint density at radius 1 is 1.00 bits per heavy atom. The van der Waals surface area contributed by atoms with Gasteiger partial charge in [-0.25, -0.2) is 9.59 Å². The maximum atomic E-state index is 12.1. The van der Waals surface area contributed by atoms with Crippen LogP contribution in [-0.4, -0.2) is 36.8 Å². The van der Waals surface area contributed by atoms with Crippen molar-refractivity contribution in [3.05, 3.63) is 52.5 Å². The van der Waals surface area contributed by atoms with Gasteiger partial charge in [-0.1, -0.05) is 24.3 Å². The number of nitrogens with two attached hydrogens (primary N) is 1. The number of benzene rings is 2. The second kappa shape index (κ2) is 6.27. The molecule has 28 heavy (non-hydrogen) atoms. The number of hydrogen-bond acceptors (Lipinski definition) is 6. The monoisotopic (exact) mass is 379 g/mol. The van der Waals surface area contributed by atoms with Crippen LogP contribution in [0.25, 0.3) is 16.8 Å². The van der Waals surface area contributed by atoms with Crippen molar-refractivity contribution in [3.63, 3.8) is 0 Å². The van der Waals surface area contributed by atoms with Crippen molar-refractivity contribution in [3.8, 4) is 0 Å². The largest absolute Gasteiger partial charge is 0.491 e. The van der Waals surface area contributed by atoms with Gasteiger partial charge in [0.2, 0.25) is 0 Å². The minimum atomic E-state index is -0.630. The van der Waals surface area contributed by atoms with Gasteiger partial charge in [-0.15, -0.1) is 0 Å². The first kappa shape index (κ1) is 18.9. The van der Waals surface area contributed by atoms with Crippen molar-refractivity contribution in [2.45, 2.75) is 38.9 Å². The molecule has 0 bridgehead atoms. The minimum absolute atomic E-state index is 0.251. The smallest absolute Gasteiger partial charge is 0.400 e. The number of carbonyl (C=O) groups is 2. The zero-order valence-electron chi connectivity index (χ0n) is 16.4. The third kappa shape index (κ3) is 2.78. The van der Waals surface area contributed by atoms with E-state index >= 15 is 0 Å². The van der Waals surface area contributed by atoms with Crippen LogP contribution in [-0.2, 0) is 14.0 Å². The average molecular weight is 379 g/mol. The van der Waals surface area contributed by atoms with Crippen LogP contribution in [0.2, 0.25) is 0 Å². The Hall–Kier alpha value is -2.48. The first-order chi connectivity index (χ1) is 13.1. The fourth-order valence-corrected chi connectivity index (χ4v) is 3.51. The van der Waals surface area contributed by atoms with Gasteiger partial charge in [-0.2, -0.15) is 0 Å². The molecule has 2 aromatic carbocycles. The van der Waals surface area contributed by atoms with Gasteiger partial charge in [0, 0.05) is 11.9 Å². The molecular formula is C21H22BNO5. The SMILES string of the molecule is CC1(C)OB(C(=Cc2ccc3c4c(cccc24)C(=O)OC3=O)CN)OC1(C)C. The lowest BCUT2D eigenvalue weighted by atomic mass is 9.76. The summed E-state index contributed by atoms with van der Waals surface area (Å²) in [4.78, 5) is 24.2. The fraction of sp³-hybridized carbons (Fsp3) is 0.333. The van der Waals surface area contributed by atoms with E-state index in [1.807, 2.05) is 45.9 Å². The van der Waals surface area contributed by atoms with Crippen molar-refractivity contribution in [1.29, 1.82) is 0 Å². The van der Waals surface area contributed by atoms with Crippen molar-refractivity contribution in [2.75, 3.05) is 6.54 Å². The molecule has 144 valence electrons. The molecule has 1 fully saturated rings. The summed E-state index contributed by atoms with van der Waals surface area (Å²) in [7, 11) is -0.563. The summed E-state index contributed by atoms with van der Waals surface area (Å²) in [5.41, 5.74) is 7.44. The van der Waals surface area contributed by atoms with Gasteiger partial charge >= 0.3 is 19.1 Å². The van der Waals surface area contributed by atoms with Crippen LogP contribution < -0.4 is 5.73 Å². The summed E-state index contributed by atoms with van der Waals surface area (Å²) in [6, 6.07) is 8.79. The van der Waals surface area contributed by atoms with Gasteiger partial charge in [0.1, 0.15) is 0 Å². The number of rotatable bonds is 3. The highest BCUT2D eigenvalue weighted by atomic mass is 16.7. The molecule has 2 aliphatic heterocycles. The number of cyclic esters (lactones) is 2. The maximum absolute atomic E-state index is 12.1. The van der Waals surface area contributed by atoms with E-state index in [-0.39, 0.29) is 6.54 Å². The molecule has 6 nitrogen and oxygen atoms in total. The molecule has 2 heterocycles. The average Bonchev–Trinajstić information content (AvgIpc) is 2.85. The summed E-state index contributed by atoms with van der Waals surface area (Å²) in [6.45, 7) is 8.20. The van der Waals surface area contributed by atoms with E-state index in [2.05, 4.69) is 0 Å². The Bertz CT molecular complexity index is 1000. The topological polar surface area (TPSA) is 87.9 Å². The normalized spacial score (nSPS) is 20.6. The molecule has 0 aromatic heterocycles. The molecule has 2 aromatic rings. The molecule has 2 N–H and O–H groups in total.